The molecule has 0 unspecified atom stereocenters. The molecule has 0 bridgehead atoms. The van der Waals surface area contributed by atoms with Crippen LogP contribution in [0.25, 0.3) is 0 Å². The van der Waals surface area contributed by atoms with Crippen LogP contribution in [0.3, 0.4) is 0 Å². The lowest BCUT2D eigenvalue weighted by molar-refractivity contribution is 0.414. The number of rotatable bonds is 4. The second-order valence-corrected chi connectivity index (χ2v) is 4.48. The second-order valence-electron chi connectivity index (χ2n) is 4.48. The van der Waals surface area contributed by atoms with E-state index in [2.05, 4.69) is 27.1 Å². The molecule has 0 amide bonds. The van der Waals surface area contributed by atoms with Crippen molar-refractivity contribution < 1.29 is 0 Å². The fourth-order valence-corrected chi connectivity index (χ4v) is 2.19. The lowest BCUT2D eigenvalue weighted by Crippen LogP contribution is -2.43. The Kier molecular flexibility index (Phi) is 4.14. The van der Waals surface area contributed by atoms with E-state index in [1.807, 2.05) is 0 Å². The number of anilines is 1. The van der Waals surface area contributed by atoms with E-state index in [9.17, 15) is 4.79 Å². The predicted octanol–water partition coefficient (Wildman–Crippen LogP) is 0.738. The monoisotopic (exact) mass is 236 g/mol. The summed E-state index contributed by atoms with van der Waals surface area (Å²) in [5.41, 5.74) is -0.0822. The highest BCUT2D eigenvalue weighted by Crippen LogP contribution is 2.15. The first-order chi connectivity index (χ1) is 8.29. The second kappa shape index (κ2) is 5.82. The van der Waals surface area contributed by atoms with Crippen LogP contribution in [0.2, 0.25) is 0 Å². The van der Waals surface area contributed by atoms with Crippen molar-refractivity contribution in [3.63, 3.8) is 0 Å². The Bertz CT molecular complexity index is 395. The zero-order valence-electron chi connectivity index (χ0n) is 10.3. The van der Waals surface area contributed by atoms with Gasteiger partial charge in [0, 0.05) is 25.2 Å². The molecule has 5 nitrogen and oxygen atoms in total. The number of nitrogens with zero attached hydrogens (tertiary/aromatic N) is 2. The van der Waals surface area contributed by atoms with Crippen molar-refractivity contribution in [3.8, 4) is 0 Å². The predicted molar refractivity (Wildman–Crippen MR) is 68.4 cm³/mol. The third-order valence-electron chi connectivity index (χ3n) is 3.17. The maximum atomic E-state index is 11.2. The van der Waals surface area contributed by atoms with Gasteiger partial charge in [0.1, 0.15) is 5.82 Å². The van der Waals surface area contributed by atoms with Crippen LogP contribution in [-0.4, -0.2) is 35.6 Å². The molecular weight excluding hydrogens is 216 g/mol. The summed E-state index contributed by atoms with van der Waals surface area (Å²) in [4.78, 5) is 20.1. The zero-order chi connectivity index (χ0) is 12.1. The Hall–Kier alpha value is -1.36. The Labute approximate surface area is 101 Å². The Balaban J connectivity index is 1.88. The Morgan fingerprint density at radius 2 is 2.29 bits per heavy atom. The number of nitrogens with one attached hydrogen (secondary N) is 2. The first-order valence-corrected chi connectivity index (χ1v) is 6.32. The maximum absolute atomic E-state index is 11.2. The molecule has 5 heteroatoms. The lowest BCUT2D eigenvalue weighted by Gasteiger charge is -2.33. The van der Waals surface area contributed by atoms with Crippen LogP contribution in [-0.2, 0) is 0 Å². The number of hydrogen-bond acceptors (Lipinski definition) is 4. The van der Waals surface area contributed by atoms with Gasteiger partial charge < -0.3 is 15.2 Å². The fourth-order valence-electron chi connectivity index (χ4n) is 2.19. The number of aromatic nitrogens is 2. The summed E-state index contributed by atoms with van der Waals surface area (Å²) in [6.07, 6.45) is 4.89. The molecule has 0 spiro atoms. The van der Waals surface area contributed by atoms with Gasteiger partial charge >= 0.3 is 0 Å². The van der Waals surface area contributed by atoms with Gasteiger partial charge in [-0.1, -0.05) is 6.92 Å². The highest BCUT2D eigenvalue weighted by atomic mass is 16.1. The smallest absolute Gasteiger partial charge is 0.252 e. The molecule has 0 aromatic carbocycles. The van der Waals surface area contributed by atoms with Crippen LogP contribution < -0.4 is 15.8 Å². The standard InChI is InChI=1S/C12H20N4O/c1-2-5-13-10-3-6-16(7-4-10)11-8-12(17)15-9-14-11/h8-10,13H,2-7H2,1H3,(H,14,15,17). The molecule has 0 aliphatic carbocycles. The first kappa shape index (κ1) is 12.1. The first-order valence-electron chi connectivity index (χ1n) is 6.32. The van der Waals surface area contributed by atoms with E-state index in [4.69, 9.17) is 0 Å². The minimum atomic E-state index is -0.0822. The molecule has 0 atom stereocenters. The van der Waals surface area contributed by atoms with Crippen LogP contribution in [0.5, 0.6) is 0 Å². The Morgan fingerprint density at radius 3 is 2.94 bits per heavy atom. The number of H-pyrrole nitrogens is 1. The van der Waals surface area contributed by atoms with Gasteiger partial charge in [-0.25, -0.2) is 4.98 Å². The summed E-state index contributed by atoms with van der Waals surface area (Å²) < 4.78 is 0. The van der Waals surface area contributed by atoms with Gasteiger partial charge in [0.2, 0.25) is 0 Å². The molecule has 0 radical (unpaired) electrons. The molecule has 17 heavy (non-hydrogen) atoms. The van der Waals surface area contributed by atoms with Gasteiger partial charge in [-0.05, 0) is 25.8 Å². The summed E-state index contributed by atoms with van der Waals surface area (Å²) >= 11 is 0. The van der Waals surface area contributed by atoms with Crippen molar-refractivity contribution in [1.29, 1.82) is 0 Å². The molecule has 1 saturated heterocycles. The fraction of sp³-hybridized carbons (Fsp3) is 0.667. The summed E-state index contributed by atoms with van der Waals surface area (Å²) in [6, 6.07) is 2.19. The van der Waals surface area contributed by atoms with Gasteiger partial charge in [0.05, 0.1) is 6.33 Å². The average Bonchev–Trinajstić information content (AvgIpc) is 2.37. The molecule has 0 saturated carbocycles. The third kappa shape index (κ3) is 3.30. The zero-order valence-corrected chi connectivity index (χ0v) is 10.3. The minimum absolute atomic E-state index is 0.0822. The van der Waals surface area contributed by atoms with Crippen LogP contribution in [0.15, 0.2) is 17.2 Å². The van der Waals surface area contributed by atoms with Crippen molar-refractivity contribution in [2.75, 3.05) is 24.5 Å². The molecule has 1 aliphatic heterocycles. The van der Waals surface area contributed by atoms with Crippen LogP contribution in [0.4, 0.5) is 5.82 Å². The van der Waals surface area contributed by atoms with E-state index < -0.39 is 0 Å². The molecule has 1 fully saturated rings. The van der Waals surface area contributed by atoms with Crippen molar-refractivity contribution in [3.05, 3.63) is 22.7 Å². The van der Waals surface area contributed by atoms with Crippen molar-refractivity contribution >= 4 is 5.82 Å². The van der Waals surface area contributed by atoms with Crippen molar-refractivity contribution in [2.45, 2.75) is 32.2 Å². The number of hydrogen-bond donors (Lipinski definition) is 2. The number of aromatic amines is 1. The highest BCUT2D eigenvalue weighted by Gasteiger charge is 2.19. The van der Waals surface area contributed by atoms with Gasteiger partial charge in [-0.2, -0.15) is 0 Å². The molecule has 1 aliphatic rings. The quantitative estimate of drug-likeness (QED) is 0.809. The van der Waals surface area contributed by atoms with E-state index in [1.54, 1.807) is 6.07 Å². The van der Waals surface area contributed by atoms with Crippen LogP contribution in [0.1, 0.15) is 26.2 Å². The van der Waals surface area contributed by atoms with Gasteiger partial charge in [-0.3, -0.25) is 4.79 Å². The Morgan fingerprint density at radius 1 is 1.53 bits per heavy atom. The topological polar surface area (TPSA) is 61.0 Å². The largest absolute Gasteiger partial charge is 0.356 e. The lowest BCUT2D eigenvalue weighted by atomic mass is 10.1. The van der Waals surface area contributed by atoms with E-state index in [1.165, 1.54) is 12.7 Å². The van der Waals surface area contributed by atoms with E-state index in [0.717, 1.165) is 38.3 Å². The molecule has 2 heterocycles. The van der Waals surface area contributed by atoms with Gasteiger partial charge in [-0.15, -0.1) is 0 Å². The molecule has 1 aromatic rings. The van der Waals surface area contributed by atoms with Gasteiger partial charge in [0.15, 0.2) is 0 Å². The highest BCUT2D eigenvalue weighted by molar-refractivity contribution is 5.36. The summed E-state index contributed by atoms with van der Waals surface area (Å²) in [5.74, 6) is 0.794. The van der Waals surface area contributed by atoms with Crippen molar-refractivity contribution in [1.82, 2.24) is 15.3 Å². The minimum Gasteiger partial charge on any atom is -0.356 e. The molecular formula is C12H20N4O. The van der Waals surface area contributed by atoms with Gasteiger partial charge in [0.25, 0.3) is 5.56 Å². The normalized spacial score (nSPS) is 17.4. The molecule has 94 valence electrons. The molecule has 2 N–H and O–H groups in total. The summed E-state index contributed by atoms with van der Waals surface area (Å²) in [6.45, 7) is 5.21. The SMILES string of the molecule is CCCNC1CCN(c2cc(=O)[nH]cn2)CC1. The van der Waals surface area contributed by atoms with Crippen molar-refractivity contribution in [2.24, 2.45) is 0 Å². The summed E-state index contributed by atoms with van der Waals surface area (Å²) in [7, 11) is 0. The van der Waals surface area contributed by atoms with Crippen LogP contribution >= 0.6 is 0 Å². The van der Waals surface area contributed by atoms with E-state index in [-0.39, 0.29) is 5.56 Å². The van der Waals surface area contributed by atoms with E-state index >= 15 is 0 Å². The molecule has 2 rings (SSSR count). The summed E-state index contributed by atoms with van der Waals surface area (Å²) in [5, 5.41) is 3.54. The van der Waals surface area contributed by atoms with E-state index in [0.29, 0.717) is 6.04 Å². The molecule has 1 aromatic heterocycles. The number of piperidine rings is 1. The van der Waals surface area contributed by atoms with Crippen LogP contribution in [0, 0.1) is 0 Å². The maximum Gasteiger partial charge on any atom is 0.252 e. The average molecular weight is 236 g/mol. The third-order valence-corrected chi connectivity index (χ3v) is 3.17.